The summed E-state index contributed by atoms with van der Waals surface area (Å²) in [7, 11) is 0. The minimum Gasteiger partial charge on any atom is -0.490 e. The average Bonchev–Trinajstić information content (AvgIpc) is 2.73. The summed E-state index contributed by atoms with van der Waals surface area (Å²) in [6.45, 7) is 3.92. The second-order valence-electron chi connectivity index (χ2n) is 6.65. The first kappa shape index (κ1) is 23.4. The standard InChI is InChI=1S/C23H18BrClN2O5/c1-4-8-32-20-18(25)11-14(12-19(20)31-5-2)10-16-21(28)26-23(30)27(22(16)29)15-6-7-17(24)13(3)9-15/h1,6-7,9-12H,5,8H2,2-3H3,(H,26,28,30)/b16-10+. The van der Waals surface area contributed by atoms with Crippen LogP contribution in [-0.2, 0) is 9.59 Å². The number of nitrogens with one attached hydrogen (secondary N) is 1. The lowest BCUT2D eigenvalue weighted by Crippen LogP contribution is -2.54. The van der Waals surface area contributed by atoms with Crippen molar-refractivity contribution in [2.75, 3.05) is 18.1 Å². The summed E-state index contributed by atoms with van der Waals surface area (Å²) in [5.74, 6) is 1.34. The number of ether oxygens (including phenoxy) is 2. The molecule has 9 heteroatoms. The monoisotopic (exact) mass is 516 g/mol. The molecule has 1 fully saturated rings. The summed E-state index contributed by atoms with van der Waals surface area (Å²) >= 11 is 9.70. The van der Waals surface area contributed by atoms with Gasteiger partial charge in [0.15, 0.2) is 11.5 Å². The summed E-state index contributed by atoms with van der Waals surface area (Å²) < 4.78 is 11.8. The van der Waals surface area contributed by atoms with Crippen molar-refractivity contribution in [2.45, 2.75) is 13.8 Å². The zero-order chi connectivity index (χ0) is 23.4. The number of carbonyl (C=O) groups excluding carboxylic acids is 3. The number of benzene rings is 2. The number of carbonyl (C=O) groups is 3. The number of barbiturate groups is 1. The van der Waals surface area contributed by atoms with Crippen LogP contribution in [0.2, 0.25) is 5.02 Å². The Kier molecular flexibility index (Phi) is 7.23. The highest BCUT2D eigenvalue weighted by Gasteiger charge is 2.37. The smallest absolute Gasteiger partial charge is 0.335 e. The molecule has 0 saturated carbocycles. The molecule has 2 aromatic carbocycles. The highest BCUT2D eigenvalue weighted by atomic mass is 79.9. The van der Waals surface area contributed by atoms with Crippen LogP contribution in [0, 0.1) is 19.3 Å². The maximum Gasteiger partial charge on any atom is 0.335 e. The molecule has 0 atom stereocenters. The fourth-order valence-electron chi connectivity index (χ4n) is 3.01. The average molecular weight is 518 g/mol. The van der Waals surface area contributed by atoms with Crippen molar-refractivity contribution in [3.05, 3.63) is 56.5 Å². The van der Waals surface area contributed by atoms with E-state index in [1.54, 1.807) is 31.2 Å². The molecule has 0 bridgehead atoms. The van der Waals surface area contributed by atoms with E-state index >= 15 is 0 Å². The predicted molar refractivity (Wildman–Crippen MR) is 125 cm³/mol. The molecule has 1 N–H and O–H groups in total. The van der Waals surface area contributed by atoms with E-state index in [9.17, 15) is 14.4 Å². The van der Waals surface area contributed by atoms with Gasteiger partial charge >= 0.3 is 6.03 Å². The van der Waals surface area contributed by atoms with E-state index in [0.717, 1.165) is 14.9 Å². The summed E-state index contributed by atoms with van der Waals surface area (Å²) in [5.41, 5.74) is 1.33. The van der Waals surface area contributed by atoms with Crippen LogP contribution in [0.15, 0.2) is 40.4 Å². The van der Waals surface area contributed by atoms with Crippen molar-refractivity contribution in [1.82, 2.24) is 5.32 Å². The van der Waals surface area contributed by atoms with E-state index in [0.29, 0.717) is 23.6 Å². The van der Waals surface area contributed by atoms with Crippen molar-refractivity contribution < 1.29 is 23.9 Å². The molecule has 1 heterocycles. The van der Waals surface area contributed by atoms with Crippen LogP contribution >= 0.6 is 27.5 Å². The molecule has 0 unspecified atom stereocenters. The van der Waals surface area contributed by atoms with Gasteiger partial charge in [0, 0.05) is 4.47 Å². The van der Waals surface area contributed by atoms with Crippen molar-refractivity contribution in [2.24, 2.45) is 0 Å². The SMILES string of the molecule is C#CCOc1c(Cl)cc(/C=C2\C(=O)NC(=O)N(c3ccc(Br)c(C)c3)C2=O)cc1OCC. The quantitative estimate of drug-likeness (QED) is 0.347. The van der Waals surface area contributed by atoms with Crippen LogP contribution in [0.25, 0.3) is 6.08 Å². The predicted octanol–water partition coefficient (Wildman–Crippen LogP) is 4.49. The number of halogens is 2. The molecular formula is C23H18BrClN2O5. The Balaban J connectivity index is 2.03. The Hall–Kier alpha value is -3.28. The van der Waals surface area contributed by atoms with Crippen molar-refractivity contribution in [1.29, 1.82) is 0 Å². The third-order valence-corrected chi connectivity index (χ3v) is 5.61. The van der Waals surface area contributed by atoms with Crippen LogP contribution in [0.5, 0.6) is 11.5 Å². The van der Waals surface area contributed by atoms with E-state index in [-0.39, 0.29) is 23.0 Å². The second-order valence-corrected chi connectivity index (χ2v) is 7.91. The first-order chi connectivity index (χ1) is 15.3. The Bertz CT molecular complexity index is 1190. The van der Waals surface area contributed by atoms with Gasteiger partial charge in [0.1, 0.15) is 12.2 Å². The molecule has 0 radical (unpaired) electrons. The van der Waals surface area contributed by atoms with E-state index in [1.165, 1.54) is 12.1 Å². The Morgan fingerprint density at radius 1 is 1.22 bits per heavy atom. The number of terminal acetylenes is 1. The number of urea groups is 1. The van der Waals surface area contributed by atoms with E-state index in [4.69, 9.17) is 27.5 Å². The highest BCUT2D eigenvalue weighted by Crippen LogP contribution is 2.37. The number of amides is 4. The molecule has 1 aliphatic rings. The first-order valence-electron chi connectivity index (χ1n) is 9.47. The Labute approximate surface area is 198 Å². The molecule has 1 saturated heterocycles. The van der Waals surface area contributed by atoms with Crippen LogP contribution in [0.4, 0.5) is 10.5 Å². The van der Waals surface area contributed by atoms with Crippen LogP contribution < -0.4 is 19.7 Å². The Morgan fingerprint density at radius 2 is 1.97 bits per heavy atom. The van der Waals surface area contributed by atoms with Gasteiger partial charge in [-0.25, -0.2) is 9.69 Å². The number of rotatable bonds is 6. The molecule has 0 aromatic heterocycles. The molecular weight excluding hydrogens is 500 g/mol. The van der Waals surface area contributed by atoms with Gasteiger partial charge in [0.25, 0.3) is 11.8 Å². The summed E-state index contributed by atoms with van der Waals surface area (Å²) in [5, 5.41) is 2.39. The lowest BCUT2D eigenvalue weighted by Gasteiger charge is -2.26. The largest absolute Gasteiger partial charge is 0.490 e. The van der Waals surface area contributed by atoms with Crippen molar-refractivity contribution >= 4 is 57.1 Å². The van der Waals surface area contributed by atoms with Gasteiger partial charge in [-0.2, -0.15) is 0 Å². The highest BCUT2D eigenvalue weighted by molar-refractivity contribution is 9.10. The number of hydrogen-bond acceptors (Lipinski definition) is 5. The molecule has 0 spiro atoms. The van der Waals surface area contributed by atoms with Gasteiger partial charge in [-0.3, -0.25) is 14.9 Å². The van der Waals surface area contributed by atoms with Crippen LogP contribution in [0.3, 0.4) is 0 Å². The third kappa shape index (κ3) is 4.79. The summed E-state index contributed by atoms with van der Waals surface area (Å²) in [6, 6.07) is 7.23. The van der Waals surface area contributed by atoms with Crippen LogP contribution in [-0.4, -0.2) is 31.1 Å². The topological polar surface area (TPSA) is 84.9 Å². The number of imide groups is 2. The number of nitrogens with zero attached hydrogens (tertiary/aromatic N) is 1. The van der Waals surface area contributed by atoms with Crippen molar-refractivity contribution in [3.63, 3.8) is 0 Å². The lowest BCUT2D eigenvalue weighted by molar-refractivity contribution is -0.122. The van der Waals surface area contributed by atoms with Gasteiger partial charge in [0.2, 0.25) is 0 Å². The zero-order valence-corrected chi connectivity index (χ0v) is 19.5. The molecule has 4 amide bonds. The minimum absolute atomic E-state index is 0.00913. The normalized spacial score (nSPS) is 14.9. The molecule has 3 rings (SSSR count). The van der Waals surface area contributed by atoms with Crippen molar-refractivity contribution in [3.8, 4) is 23.8 Å². The van der Waals surface area contributed by atoms with E-state index < -0.39 is 17.8 Å². The summed E-state index contributed by atoms with van der Waals surface area (Å²) in [6.07, 6.45) is 6.57. The molecule has 1 aliphatic heterocycles. The lowest BCUT2D eigenvalue weighted by atomic mass is 10.1. The molecule has 7 nitrogen and oxygen atoms in total. The molecule has 164 valence electrons. The molecule has 0 aliphatic carbocycles. The summed E-state index contributed by atoms with van der Waals surface area (Å²) in [4.78, 5) is 38.9. The molecule has 32 heavy (non-hydrogen) atoms. The van der Waals surface area contributed by atoms with Gasteiger partial charge in [0.05, 0.1) is 17.3 Å². The zero-order valence-electron chi connectivity index (χ0n) is 17.2. The van der Waals surface area contributed by atoms with Gasteiger partial charge < -0.3 is 9.47 Å². The maximum absolute atomic E-state index is 13.1. The number of anilines is 1. The fraction of sp³-hybridized carbons (Fsp3) is 0.174. The number of aryl methyl sites for hydroxylation is 1. The maximum atomic E-state index is 13.1. The second kappa shape index (κ2) is 9.90. The minimum atomic E-state index is -0.829. The van der Waals surface area contributed by atoms with Gasteiger partial charge in [-0.15, -0.1) is 6.42 Å². The van der Waals surface area contributed by atoms with Gasteiger partial charge in [-0.1, -0.05) is 33.5 Å². The van der Waals surface area contributed by atoms with E-state index in [2.05, 4.69) is 27.2 Å². The van der Waals surface area contributed by atoms with Gasteiger partial charge in [-0.05, 0) is 61.4 Å². The Morgan fingerprint density at radius 3 is 2.62 bits per heavy atom. The number of hydrogen-bond donors (Lipinski definition) is 1. The van der Waals surface area contributed by atoms with Crippen LogP contribution in [0.1, 0.15) is 18.1 Å². The molecule has 2 aromatic rings. The fourth-order valence-corrected chi connectivity index (χ4v) is 3.53. The van der Waals surface area contributed by atoms with E-state index in [1.807, 2.05) is 6.92 Å². The third-order valence-electron chi connectivity index (χ3n) is 4.44. The first-order valence-corrected chi connectivity index (χ1v) is 10.6.